The molecule has 1 atom stereocenters. The molecule has 1 rings (SSSR count). The molecule has 0 saturated carbocycles. The first-order valence-corrected chi connectivity index (χ1v) is 5.77. The maximum Gasteiger partial charge on any atom is 0.307 e. The van der Waals surface area contributed by atoms with Gasteiger partial charge >= 0.3 is 5.97 Å². The smallest absolute Gasteiger partial charge is 0.307 e. The van der Waals surface area contributed by atoms with Crippen molar-refractivity contribution >= 4 is 5.97 Å². The summed E-state index contributed by atoms with van der Waals surface area (Å²) >= 11 is 0. The van der Waals surface area contributed by atoms with Crippen LogP contribution in [0.4, 0.5) is 0 Å². The van der Waals surface area contributed by atoms with Gasteiger partial charge in [0.15, 0.2) is 0 Å². The molecule has 0 aliphatic rings. The van der Waals surface area contributed by atoms with Gasteiger partial charge in [0.2, 0.25) is 0 Å². The summed E-state index contributed by atoms with van der Waals surface area (Å²) in [6.07, 6.45) is 0.0185. The second-order valence-corrected chi connectivity index (χ2v) is 5.30. The van der Waals surface area contributed by atoms with Gasteiger partial charge in [0.1, 0.15) is 11.9 Å². The van der Waals surface area contributed by atoms with E-state index in [1.54, 1.807) is 6.07 Å². The van der Waals surface area contributed by atoms with Crippen molar-refractivity contribution in [2.75, 3.05) is 0 Å². The quantitative estimate of drug-likeness (QED) is 0.873. The zero-order valence-corrected chi connectivity index (χ0v) is 10.9. The van der Waals surface area contributed by atoms with E-state index in [0.29, 0.717) is 5.75 Å². The van der Waals surface area contributed by atoms with Gasteiger partial charge in [-0.2, -0.15) is 0 Å². The van der Waals surface area contributed by atoms with E-state index in [9.17, 15) is 4.79 Å². The van der Waals surface area contributed by atoms with Gasteiger partial charge < -0.3 is 9.84 Å². The maximum atomic E-state index is 10.7. The Morgan fingerprint density at radius 1 is 1.35 bits per heavy atom. The molecule has 3 nitrogen and oxygen atoms in total. The van der Waals surface area contributed by atoms with E-state index in [-0.39, 0.29) is 17.9 Å². The number of carboxylic acids is 1. The van der Waals surface area contributed by atoms with Crippen LogP contribution in [0.3, 0.4) is 0 Å². The van der Waals surface area contributed by atoms with E-state index in [4.69, 9.17) is 9.84 Å². The molecular weight excluding hydrogens is 216 g/mol. The first-order chi connectivity index (χ1) is 7.80. The largest absolute Gasteiger partial charge is 0.490 e. The van der Waals surface area contributed by atoms with E-state index in [0.717, 1.165) is 5.56 Å². The summed E-state index contributed by atoms with van der Waals surface area (Å²) in [4.78, 5) is 10.7. The molecule has 3 heteroatoms. The Kier molecular flexibility index (Phi) is 4.16. The minimum absolute atomic E-state index is 0.00691. The van der Waals surface area contributed by atoms with Crippen LogP contribution in [0, 0.1) is 5.41 Å². The molecule has 0 heterocycles. The van der Waals surface area contributed by atoms with Crippen LogP contribution in [0.1, 0.15) is 33.3 Å². The fraction of sp³-hybridized carbons (Fsp3) is 0.500. The van der Waals surface area contributed by atoms with Gasteiger partial charge in [-0.1, -0.05) is 39.0 Å². The van der Waals surface area contributed by atoms with Gasteiger partial charge in [0, 0.05) is 5.56 Å². The highest BCUT2D eigenvalue weighted by Gasteiger charge is 2.22. The molecule has 0 aliphatic heterocycles. The Morgan fingerprint density at radius 3 is 2.47 bits per heavy atom. The number of benzene rings is 1. The monoisotopic (exact) mass is 236 g/mol. The second kappa shape index (κ2) is 5.21. The molecule has 0 aromatic heterocycles. The SMILES string of the molecule is CC(Oc1ccccc1CC(=O)O)C(C)(C)C. The van der Waals surface area contributed by atoms with E-state index in [2.05, 4.69) is 20.8 Å². The number of para-hydroxylation sites is 1. The Balaban J connectivity index is 2.87. The Labute approximate surface area is 102 Å². The topological polar surface area (TPSA) is 46.5 Å². The number of hydrogen-bond donors (Lipinski definition) is 1. The number of rotatable bonds is 4. The van der Waals surface area contributed by atoms with Crippen molar-refractivity contribution in [2.24, 2.45) is 5.41 Å². The van der Waals surface area contributed by atoms with Gasteiger partial charge in [-0.3, -0.25) is 4.79 Å². The van der Waals surface area contributed by atoms with Crippen molar-refractivity contribution < 1.29 is 14.6 Å². The molecule has 1 aromatic rings. The van der Waals surface area contributed by atoms with Gasteiger partial charge in [-0.25, -0.2) is 0 Å². The van der Waals surface area contributed by atoms with Crippen LogP contribution in [0.5, 0.6) is 5.75 Å². The molecule has 17 heavy (non-hydrogen) atoms. The van der Waals surface area contributed by atoms with Crippen molar-refractivity contribution in [2.45, 2.75) is 40.2 Å². The summed E-state index contributed by atoms with van der Waals surface area (Å²) < 4.78 is 5.85. The molecule has 0 saturated heterocycles. The maximum absolute atomic E-state index is 10.7. The molecule has 0 aliphatic carbocycles. The van der Waals surface area contributed by atoms with Crippen molar-refractivity contribution in [3.05, 3.63) is 29.8 Å². The van der Waals surface area contributed by atoms with Crippen LogP contribution in [-0.2, 0) is 11.2 Å². The van der Waals surface area contributed by atoms with E-state index in [1.165, 1.54) is 0 Å². The molecule has 0 bridgehead atoms. The van der Waals surface area contributed by atoms with Crippen molar-refractivity contribution in [1.29, 1.82) is 0 Å². The average molecular weight is 236 g/mol. The number of aliphatic carboxylic acids is 1. The Hall–Kier alpha value is -1.51. The third-order valence-electron chi connectivity index (χ3n) is 2.84. The highest BCUT2D eigenvalue weighted by molar-refractivity contribution is 5.71. The predicted octanol–water partition coefficient (Wildman–Crippen LogP) is 3.13. The van der Waals surface area contributed by atoms with E-state index < -0.39 is 5.97 Å². The molecular formula is C14H20O3. The zero-order chi connectivity index (χ0) is 13.1. The normalized spacial score (nSPS) is 13.2. The number of hydrogen-bond acceptors (Lipinski definition) is 2. The zero-order valence-electron chi connectivity index (χ0n) is 10.9. The minimum Gasteiger partial charge on any atom is -0.490 e. The standard InChI is InChI=1S/C14H20O3/c1-10(14(2,3)4)17-12-8-6-5-7-11(12)9-13(15)16/h5-8,10H,9H2,1-4H3,(H,15,16). The Morgan fingerprint density at radius 2 is 1.94 bits per heavy atom. The fourth-order valence-electron chi connectivity index (χ4n) is 1.29. The highest BCUT2D eigenvalue weighted by atomic mass is 16.5. The van der Waals surface area contributed by atoms with Crippen LogP contribution in [0.15, 0.2) is 24.3 Å². The second-order valence-electron chi connectivity index (χ2n) is 5.30. The summed E-state index contributed by atoms with van der Waals surface area (Å²) in [5.41, 5.74) is 0.743. The van der Waals surface area contributed by atoms with Crippen LogP contribution < -0.4 is 4.74 Å². The van der Waals surface area contributed by atoms with Gasteiger partial charge in [0.05, 0.1) is 6.42 Å². The van der Waals surface area contributed by atoms with Crippen LogP contribution >= 0.6 is 0 Å². The fourth-order valence-corrected chi connectivity index (χ4v) is 1.29. The first-order valence-electron chi connectivity index (χ1n) is 5.77. The van der Waals surface area contributed by atoms with Crippen LogP contribution in [-0.4, -0.2) is 17.2 Å². The minimum atomic E-state index is -0.843. The predicted molar refractivity (Wildman–Crippen MR) is 67.3 cm³/mol. The van der Waals surface area contributed by atoms with Crippen LogP contribution in [0.25, 0.3) is 0 Å². The van der Waals surface area contributed by atoms with Gasteiger partial charge in [0.25, 0.3) is 0 Å². The lowest BCUT2D eigenvalue weighted by Crippen LogP contribution is -2.29. The molecule has 94 valence electrons. The van der Waals surface area contributed by atoms with Crippen molar-refractivity contribution in [3.8, 4) is 5.75 Å². The number of ether oxygens (including phenoxy) is 1. The lowest BCUT2D eigenvalue weighted by atomic mass is 9.90. The third kappa shape index (κ3) is 4.10. The Bertz CT molecular complexity index is 391. The van der Waals surface area contributed by atoms with Gasteiger partial charge in [-0.15, -0.1) is 0 Å². The summed E-state index contributed by atoms with van der Waals surface area (Å²) in [6, 6.07) is 7.29. The van der Waals surface area contributed by atoms with Crippen LogP contribution in [0.2, 0.25) is 0 Å². The van der Waals surface area contributed by atoms with Gasteiger partial charge in [-0.05, 0) is 18.4 Å². The summed E-state index contributed by atoms with van der Waals surface area (Å²) in [7, 11) is 0. The van der Waals surface area contributed by atoms with Crippen molar-refractivity contribution in [3.63, 3.8) is 0 Å². The summed E-state index contributed by atoms with van der Waals surface area (Å²) in [5.74, 6) is -0.179. The molecule has 1 N–H and O–H groups in total. The molecule has 0 radical (unpaired) electrons. The van der Waals surface area contributed by atoms with E-state index in [1.807, 2.05) is 25.1 Å². The third-order valence-corrected chi connectivity index (χ3v) is 2.84. The lowest BCUT2D eigenvalue weighted by molar-refractivity contribution is -0.136. The van der Waals surface area contributed by atoms with E-state index >= 15 is 0 Å². The highest BCUT2D eigenvalue weighted by Crippen LogP contribution is 2.27. The summed E-state index contributed by atoms with van der Waals surface area (Å²) in [6.45, 7) is 8.28. The molecule has 0 fully saturated rings. The number of carboxylic acid groups (broad SMARTS) is 1. The summed E-state index contributed by atoms with van der Waals surface area (Å²) in [5, 5.41) is 8.83. The lowest BCUT2D eigenvalue weighted by Gasteiger charge is -2.28. The average Bonchev–Trinajstić information content (AvgIpc) is 2.18. The molecule has 1 aromatic carbocycles. The first kappa shape index (κ1) is 13.6. The van der Waals surface area contributed by atoms with Crippen molar-refractivity contribution in [1.82, 2.24) is 0 Å². The molecule has 1 unspecified atom stereocenters. The molecule has 0 spiro atoms. The number of carbonyl (C=O) groups is 1. The molecule has 0 amide bonds.